The minimum atomic E-state index is 0.203. The number of piperidine rings is 1. The fourth-order valence-electron chi connectivity index (χ4n) is 4.14. The largest absolute Gasteiger partial charge is 0.381 e. The van der Waals surface area contributed by atoms with Crippen molar-refractivity contribution in [2.45, 2.75) is 52.0 Å². The number of ether oxygens (including phenoxy) is 1. The van der Waals surface area contributed by atoms with Gasteiger partial charge in [-0.25, -0.2) is 9.97 Å². The van der Waals surface area contributed by atoms with Crippen molar-refractivity contribution < 1.29 is 9.53 Å². The van der Waals surface area contributed by atoms with Crippen molar-refractivity contribution in [2.75, 3.05) is 31.2 Å². The highest BCUT2D eigenvalue weighted by molar-refractivity contribution is 7.18. The molecule has 2 aromatic heterocycles. The molecule has 7 heteroatoms. The summed E-state index contributed by atoms with van der Waals surface area (Å²) in [4.78, 5) is 26.2. The van der Waals surface area contributed by atoms with E-state index in [0.717, 1.165) is 62.6 Å². The molecule has 0 aliphatic carbocycles. The summed E-state index contributed by atoms with van der Waals surface area (Å²) in [5, 5.41) is 4.40. The van der Waals surface area contributed by atoms with Crippen molar-refractivity contribution in [3.8, 4) is 0 Å². The number of aryl methyl sites for hydroxylation is 2. The lowest BCUT2D eigenvalue weighted by Gasteiger charge is -2.33. The lowest BCUT2D eigenvalue weighted by atomic mass is 9.92. The maximum atomic E-state index is 12.4. The number of carbonyl (C=O) groups excluding carboxylic acids is 1. The highest BCUT2D eigenvalue weighted by Gasteiger charge is 2.25. The van der Waals surface area contributed by atoms with Gasteiger partial charge in [0.15, 0.2) is 0 Å². The zero-order chi connectivity index (χ0) is 18.8. The van der Waals surface area contributed by atoms with Crippen LogP contribution < -0.4 is 10.2 Å². The van der Waals surface area contributed by atoms with Gasteiger partial charge in [-0.15, -0.1) is 11.3 Å². The fourth-order valence-corrected chi connectivity index (χ4v) is 5.13. The monoisotopic (exact) mass is 388 g/mol. The first-order chi connectivity index (χ1) is 13.1. The van der Waals surface area contributed by atoms with Gasteiger partial charge < -0.3 is 15.0 Å². The van der Waals surface area contributed by atoms with Crippen LogP contribution in [0.25, 0.3) is 10.2 Å². The van der Waals surface area contributed by atoms with Crippen molar-refractivity contribution in [3.05, 3.63) is 16.8 Å². The van der Waals surface area contributed by atoms with Crippen molar-refractivity contribution in [1.82, 2.24) is 15.3 Å². The Kier molecular flexibility index (Phi) is 5.59. The van der Waals surface area contributed by atoms with Gasteiger partial charge in [0, 0.05) is 43.6 Å². The number of hydrogen-bond acceptors (Lipinski definition) is 6. The van der Waals surface area contributed by atoms with Gasteiger partial charge in [0.05, 0.1) is 5.39 Å². The van der Waals surface area contributed by atoms with Crippen LogP contribution in [0.3, 0.4) is 0 Å². The van der Waals surface area contributed by atoms with Crippen LogP contribution >= 0.6 is 11.3 Å². The first kappa shape index (κ1) is 18.6. The second kappa shape index (κ2) is 8.10. The summed E-state index contributed by atoms with van der Waals surface area (Å²) in [5.41, 5.74) is 1.29. The molecule has 0 radical (unpaired) electrons. The van der Waals surface area contributed by atoms with Crippen LogP contribution in [0.2, 0.25) is 0 Å². The smallest absolute Gasteiger partial charge is 0.220 e. The van der Waals surface area contributed by atoms with Crippen LogP contribution in [0.15, 0.2) is 6.33 Å². The number of nitrogens with one attached hydrogen (secondary N) is 1. The number of thiophene rings is 1. The Morgan fingerprint density at radius 1 is 1.22 bits per heavy atom. The zero-order valence-corrected chi connectivity index (χ0v) is 17.0. The van der Waals surface area contributed by atoms with Gasteiger partial charge in [0.25, 0.3) is 0 Å². The summed E-state index contributed by atoms with van der Waals surface area (Å²) >= 11 is 1.74. The lowest BCUT2D eigenvalue weighted by Crippen LogP contribution is -2.41. The van der Waals surface area contributed by atoms with Crippen molar-refractivity contribution >= 4 is 33.3 Å². The van der Waals surface area contributed by atoms with Crippen molar-refractivity contribution in [1.29, 1.82) is 0 Å². The van der Waals surface area contributed by atoms with Gasteiger partial charge in [-0.05, 0) is 51.0 Å². The summed E-state index contributed by atoms with van der Waals surface area (Å²) in [6.07, 6.45) is 6.27. The average molecular weight is 389 g/mol. The van der Waals surface area contributed by atoms with E-state index < -0.39 is 0 Å². The van der Waals surface area contributed by atoms with Crippen LogP contribution in [0.5, 0.6) is 0 Å². The number of rotatable bonds is 4. The standard InChI is InChI=1S/C20H28N4O2S/c1-13-14(2)27-20-18(13)19(21-12-22-20)24-7-3-15(4-8-24)11-17(25)23-16-5-9-26-10-6-16/h12,15-16H,3-11H2,1-2H3,(H,23,25). The predicted octanol–water partition coefficient (Wildman–Crippen LogP) is 3.21. The molecule has 6 nitrogen and oxygen atoms in total. The minimum absolute atomic E-state index is 0.203. The molecule has 2 aliphatic heterocycles. The molecule has 1 N–H and O–H groups in total. The van der Waals surface area contributed by atoms with Gasteiger partial charge in [0.1, 0.15) is 17.0 Å². The van der Waals surface area contributed by atoms with E-state index in [4.69, 9.17) is 4.74 Å². The summed E-state index contributed by atoms with van der Waals surface area (Å²) < 4.78 is 5.36. The average Bonchev–Trinajstić information content (AvgIpc) is 2.97. The van der Waals surface area contributed by atoms with E-state index in [9.17, 15) is 4.79 Å². The summed E-state index contributed by atoms with van der Waals surface area (Å²) in [6, 6.07) is 0.297. The van der Waals surface area contributed by atoms with E-state index in [-0.39, 0.29) is 5.91 Å². The van der Waals surface area contributed by atoms with Gasteiger partial charge in [-0.1, -0.05) is 0 Å². The molecule has 0 spiro atoms. The lowest BCUT2D eigenvalue weighted by molar-refractivity contribution is -0.123. The Labute approximate surface area is 164 Å². The molecule has 4 heterocycles. The molecule has 2 aliphatic rings. The zero-order valence-electron chi connectivity index (χ0n) is 16.2. The van der Waals surface area contributed by atoms with E-state index in [1.165, 1.54) is 15.8 Å². The van der Waals surface area contributed by atoms with Crippen LogP contribution in [-0.2, 0) is 9.53 Å². The molecule has 0 unspecified atom stereocenters. The van der Waals surface area contributed by atoms with E-state index in [1.54, 1.807) is 17.7 Å². The van der Waals surface area contributed by atoms with Gasteiger partial charge >= 0.3 is 0 Å². The van der Waals surface area contributed by atoms with Crippen LogP contribution in [0.1, 0.15) is 42.5 Å². The molecule has 27 heavy (non-hydrogen) atoms. The predicted molar refractivity (Wildman–Crippen MR) is 108 cm³/mol. The van der Waals surface area contributed by atoms with Gasteiger partial charge in [-0.2, -0.15) is 0 Å². The molecule has 2 saturated heterocycles. The Balaban J connectivity index is 1.34. The quantitative estimate of drug-likeness (QED) is 0.871. The van der Waals surface area contributed by atoms with Crippen LogP contribution in [-0.4, -0.2) is 48.2 Å². The SMILES string of the molecule is Cc1sc2ncnc(N3CCC(CC(=O)NC4CCOCC4)CC3)c2c1C. The van der Waals surface area contributed by atoms with E-state index in [1.807, 2.05) is 0 Å². The Morgan fingerprint density at radius 2 is 1.96 bits per heavy atom. The van der Waals surface area contributed by atoms with Crippen molar-refractivity contribution in [3.63, 3.8) is 0 Å². The van der Waals surface area contributed by atoms with Gasteiger partial charge in [-0.3, -0.25) is 4.79 Å². The minimum Gasteiger partial charge on any atom is -0.381 e. The number of nitrogens with zero attached hydrogens (tertiary/aromatic N) is 3. The second-order valence-electron chi connectivity index (χ2n) is 7.75. The number of fused-ring (bicyclic) bond motifs is 1. The van der Waals surface area contributed by atoms with E-state index in [0.29, 0.717) is 18.4 Å². The molecule has 146 valence electrons. The molecule has 2 fully saturated rings. The topological polar surface area (TPSA) is 67.4 Å². The molecule has 1 amide bonds. The van der Waals surface area contributed by atoms with Crippen molar-refractivity contribution in [2.24, 2.45) is 5.92 Å². The Morgan fingerprint density at radius 3 is 2.70 bits per heavy atom. The highest BCUT2D eigenvalue weighted by Crippen LogP contribution is 2.35. The summed E-state index contributed by atoms with van der Waals surface area (Å²) in [6.45, 7) is 7.74. The first-order valence-corrected chi connectivity index (χ1v) is 10.8. The third kappa shape index (κ3) is 4.09. The molecular weight excluding hydrogens is 360 g/mol. The molecule has 0 atom stereocenters. The molecule has 2 aromatic rings. The third-order valence-corrected chi connectivity index (χ3v) is 7.04. The molecule has 0 bridgehead atoms. The Bertz CT molecular complexity index is 808. The second-order valence-corrected chi connectivity index (χ2v) is 8.95. The summed E-state index contributed by atoms with van der Waals surface area (Å²) in [5.74, 6) is 1.73. The maximum Gasteiger partial charge on any atom is 0.220 e. The molecule has 4 rings (SSSR count). The summed E-state index contributed by atoms with van der Waals surface area (Å²) in [7, 11) is 0. The molecule has 0 saturated carbocycles. The number of amides is 1. The van der Waals surface area contributed by atoms with Crippen LogP contribution in [0, 0.1) is 19.8 Å². The number of hydrogen-bond donors (Lipinski definition) is 1. The molecule has 0 aromatic carbocycles. The van der Waals surface area contributed by atoms with Crippen LogP contribution in [0.4, 0.5) is 5.82 Å². The molecular formula is C20H28N4O2S. The number of carbonyl (C=O) groups is 1. The number of aromatic nitrogens is 2. The van der Waals surface area contributed by atoms with Gasteiger partial charge in [0.2, 0.25) is 5.91 Å². The first-order valence-electron chi connectivity index (χ1n) is 9.94. The normalized spacial score (nSPS) is 19.6. The van der Waals surface area contributed by atoms with E-state index in [2.05, 4.69) is 34.0 Å². The number of anilines is 1. The van der Waals surface area contributed by atoms with E-state index >= 15 is 0 Å². The highest BCUT2D eigenvalue weighted by atomic mass is 32.1. The third-order valence-electron chi connectivity index (χ3n) is 5.92. The Hall–Kier alpha value is -1.73. The fraction of sp³-hybridized carbons (Fsp3) is 0.650. The maximum absolute atomic E-state index is 12.4.